The molecular formula is C20H14Cl2N4O3. The zero-order chi connectivity index (χ0) is 20.1. The van der Waals surface area contributed by atoms with Crippen LogP contribution in [0.5, 0.6) is 0 Å². The van der Waals surface area contributed by atoms with Crippen LogP contribution in [0.1, 0.15) is 24.5 Å². The van der Waals surface area contributed by atoms with E-state index in [2.05, 4.69) is 25.8 Å². The number of carboxylic acid groups (broad SMARTS) is 1. The molecule has 0 spiro atoms. The van der Waals surface area contributed by atoms with Gasteiger partial charge in [0.25, 0.3) is 5.89 Å². The summed E-state index contributed by atoms with van der Waals surface area (Å²) < 4.78 is 7.56. The van der Waals surface area contributed by atoms with Crippen molar-refractivity contribution >= 4 is 40.1 Å². The summed E-state index contributed by atoms with van der Waals surface area (Å²) >= 11 is 11.9. The number of benzene rings is 1. The Morgan fingerprint density at radius 3 is 2.69 bits per heavy atom. The van der Waals surface area contributed by atoms with E-state index < -0.39 is 5.97 Å². The van der Waals surface area contributed by atoms with E-state index in [0.717, 1.165) is 35.1 Å². The summed E-state index contributed by atoms with van der Waals surface area (Å²) in [6.07, 6.45) is 0.999. The summed E-state index contributed by atoms with van der Waals surface area (Å²) in [6, 6.07) is 11.2. The van der Waals surface area contributed by atoms with E-state index >= 15 is 0 Å². The molecule has 29 heavy (non-hydrogen) atoms. The summed E-state index contributed by atoms with van der Waals surface area (Å²) in [5.74, 6) is 0.0120. The van der Waals surface area contributed by atoms with Crippen LogP contribution >= 0.6 is 23.2 Å². The predicted octanol–water partition coefficient (Wildman–Crippen LogP) is 5.02. The number of pyridine rings is 1. The van der Waals surface area contributed by atoms with Crippen molar-refractivity contribution in [3.8, 4) is 22.8 Å². The first-order valence-corrected chi connectivity index (χ1v) is 9.76. The first-order chi connectivity index (χ1) is 14.0. The molecule has 0 amide bonds. The molecule has 9 heteroatoms. The lowest BCUT2D eigenvalue weighted by atomic mass is 10.0. The molecule has 0 saturated heterocycles. The van der Waals surface area contributed by atoms with Crippen molar-refractivity contribution in [1.29, 1.82) is 0 Å². The van der Waals surface area contributed by atoms with E-state index in [4.69, 9.17) is 32.8 Å². The summed E-state index contributed by atoms with van der Waals surface area (Å²) in [5.41, 5.74) is 3.54. The van der Waals surface area contributed by atoms with Gasteiger partial charge in [0.15, 0.2) is 0 Å². The van der Waals surface area contributed by atoms with Gasteiger partial charge in [-0.05, 0) is 42.8 Å². The standard InChI is InChI=1S/C20H14Cl2N4O3/c21-16-7-13(8-17(22)23-16)20-24-19(25-29-20)11-1-2-14-12(5-11)6-15-10(9-18(27)28)3-4-26(14)15/h1-2,5-8,10H,3-4,9H2,(H,27,28). The largest absolute Gasteiger partial charge is 0.481 e. The first-order valence-electron chi connectivity index (χ1n) is 9.00. The van der Waals surface area contributed by atoms with Gasteiger partial charge in [0.2, 0.25) is 5.82 Å². The maximum absolute atomic E-state index is 11.1. The Bertz CT molecular complexity index is 1240. The number of aliphatic carboxylic acids is 1. The third-order valence-electron chi connectivity index (χ3n) is 5.17. The number of carbonyl (C=O) groups is 1. The highest BCUT2D eigenvalue weighted by molar-refractivity contribution is 6.32. The lowest BCUT2D eigenvalue weighted by molar-refractivity contribution is -0.137. The van der Waals surface area contributed by atoms with Gasteiger partial charge in [0, 0.05) is 40.2 Å². The van der Waals surface area contributed by atoms with Gasteiger partial charge in [-0.2, -0.15) is 4.98 Å². The number of nitrogens with zero attached hydrogens (tertiary/aromatic N) is 4. The fourth-order valence-corrected chi connectivity index (χ4v) is 4.38. The second kappa shape index (κ2) is 6.86. The van der Waals surface area contributed by atoms with Crippen LogP contribution in [-0.4, -0.2) is 30.8 Å². The molecule has 1 N–H and O–H groups in total. The van der Waals surface area contributed by atoms with Gasteiger partial charge < -0.3 is 14.2 Å². The van der Waals surface area contributed by atoms with E-state index in [1.807, 2.05) is 18.2 Å². The molecular weight excluding hydrogens is 415 g/mol. The summed E-state index contributed by atoms with van der Waals surface area (Å²) in [4.78, 5) is 19.5. The van der Waals surface area contributed by atoms with Crippen molar-refractivity contribution in [2.24, 2.45) is 0 Å². The number of rotatable bonds is 4. The summed E-state index contributed by atoms with van der Waals surface area (Å²) in [6.45, 7) is 0.825. The van der Waals surface area contributed by atoms with Crippen molar-refractivity contribution in [3.63, 3.8) is 0 Å². The number of hydrogen-bond acceptors (Lipinski definition) is 5. The minimum atomic E-state index is -0.773. The van der Waals surface area contributed by atoms with Gasteiger partial charge in [0.05, 0.1) is 6.42 Å². The number of fused-ring (bicyclic) bond motifs is 3. The molecule has 1 unspecified atom stereocenters. The topological polar surface area (TPSA) is 94.0 Å². The van der Waals surface area contributed by atoms with Gasteiger partial charge in [0.1, 0.15) is 10.3 Å². The highest BCUT2D eigenvalue weighted by Gasteiger charge is 2.27. The van der Waals surface area contributed by atoms with Gasteiger partial charge in [-0.1, -0.05) is 28.4 Å². The molecule has 4 aromatic rings. The molecule has 1 aromatic carbocycles. The van der Waals surface area contributed by atoms with E-state index in [0.29, 0.717) is 17.3 Å². The van der Waals surface area contributed by atoms with E-state index in [-0.39, 0.29) is 22.6 Å². The van der Waals surface area contributed by atoms with Crippen LogP contribution in [-0.2, 0) is 11.3 Å². The Morgan fingerprint density at radius 2 is 1.93 bits per heavy atom. The quantitative estimate of drug-likeness (QED) is 0.458. The van der Waals surface area contributed by atoms with Crippen molar-refractivity contribution in [3.05, 3.63) is 52.4 Å². The van der Waals surface area contributed by atoms with E-state index in [1.165, 1.54) is 0 Å². The molecule has 7 nitrogen and oxygen atoms in total. The average molecular weight is 429 g/mol. The molecule has 0 radical (unpaired) electrons. The molecule has 1 aliphatic rings. The second-order valence-electron chi connectivity index (χ2n) is 7.00. The Morgan fingerprint density at radius 1 is 1.14 bits per heavy atom. The minimum Gasteiger partial charge on any atom is -0.481 e. The lowest BCUT2D eigenvalue weighted by Gasteiger charge is -2.04. The maximum atomic E-state index is 11.1. The van der Waals surface area contributed by atoms with E-state index in [9.17, 15) is 4.79 Å². The predicted molar refractivity (Wildman–Crippen MR) is 108 cm³/mol. The molecule has 1 aliphatic heterocycles. The van der Waals surface area contributed by atoms with Crippen LogP contribution in [0.2, 0.25) is 10.3 Å². The SMILES string of the molecule is O=C(O)CC1CCn2c1cc1cc(-c3noc(-c4cc(Cl)nc(Cl)c4)n3)ccc12. The Labute approximate surface area is 174 Å². The highest BCUT2D eigenvalue weighted by Crippen LogP contribution is 2.37. The van der Waals surface area contributed by atoms with Crippen LogP contribution < -0.4 is 0 Å². The van der Waals surface area contributed by atoms with Gasteiger partial charge >= 0.3 is 5.97 Å². The molecule has 146 valence electrons. The molecule has 0 aliphatic carbocycles. The molecule has 0 bridgehead atoms. The normalized spacial score (nSPS) is 15.7. The number of aromatic nitrogens is 4. The Kier molecular flexibility index (Phi) is 4.29. The van der Waals surface area contributed by atoms with Crippen molar-refractivity contribution in [2.45, 2.75) is 25.3 Å². The lowest BCUT2D eigenvalue weighted by Crippen LogP contribution is -2.02. The molecule has 0 saturated carbocycles. The average Bonchev–Trinajstić information content (AvgIpc) is 3.36. The maximum Gasteiger partial charge on any atom is 0.304 e. The van der Waals surface area contributed by atoms with Crippen molar-refractivity contribution in [1.82, 2.24) is 19.7 Å². The molecule has 5 rings (SSSR count). The summed E-state index contributed by atoms with van der Waals surface area (Å²) in [7, 11) is 0. The fourth-order valence-electron chi connectivity index (χ4n) is 3.92. The van der Waals surface area contributed by atoms with Gasteiger partial charge in [-0.25, -0.2) is 4.98 Å². The van der Waals surface area contributed by atoms with Crippen molar-refractivity contribution < 1.29 is 14.4 Å². The molecule has 1 atom stereocenters. The first kappa shape index (κ1) is 18.1. The van der Waals surface area contributed by atoms with Crippen LogP contribution in [0.4, 0.5) is 0 Å². The smallest absolute Gasteiger partial charge is 0.304 e. The number of aryl methyl sites for hydroxylation is 1. The zero-order valence-electron chi connectivity index (χ0n) is 15.0. The molecule has 3 aromatic heterocycles. The Balaban J connectivity index is 1.50. The second-order valence-corrected chi connectivity index (χ2v) is 7.78. The highest BCUT2D eigenvalue weighted by atomic mass is 35.5. The van der Waals surface area contributed by atoms with Crippen LogP contribution in [0.3, 0.4) is 0 Å². The fraction of sp³-hybridized carbons (Fsp3) is 0.200. The number of halogens is 2. The summed E-state index contributed by atoms with van der Waals surface area (Å²) in [5, 5.41) is 14.7. The third kappa shape index (κ3) is 3.26. The van der Waals surface area contributed by atoms with Crippen LogP contribution in [0, 0.1) is 0 Å². The van der Waals surface area contributed by atoms with Crippen LogP contribution in [0.15, 0.2) is 40.9 Å². The minimum absolute atomic E-state index is 0.0429. The monoisotopic (exact) mass is 428 g/mol. The Hall–Kier alpha value is -2.90. The molecule has 0 fully saturated rings. The van der Waals surface area contributed by atoms with Gasteiger partial charge in [-0.3, -0.25) is 4.79 Å². The number of carboxylic acids is 1. The van der Waals surface area contributed by atoms with Crippen molar-refractivity contribution in [2.75, 3.05) is 0 Å². The van der Waals surface area contributed by atoms with Gasteiger partial charge in [-0.15, -0.1) is 0 Å². The zero-order valence-corrected chi connectivity index (χ0v) is 16.5. The molecule has 4 heterocycles. The number of hydrogen-bond donors (Lipinski definition) is 1. The van der Waals surface area contributed by atoms with Crippen LogP contribution in [0.25, 0.3) is 33.7 Å². The van der Waals surface area contributed by atoms with E-state index in [1.54, 1.807) is 12.1 Å². The third-order valence-corrected chi connectivity index (χ3v) is 5.56.